The summed E-state index contributed by atoms with van der Waals surface area (Å²) in [6, 6.07) is 8.09. The van der Waals surface area contributed by atoms with Gasteiger partial charge in [0, 0.05) is 6.54 Å². The van der Waals surface area contributed by atoms with Gasteiger partial charge in [-0.25, -0.2) is 0 Å². The first kappa shape index (κ1) is 13.6. The van der Waals surface area contributed by atoms with Crippen molar-refractivity contribution >= 4 is 5.91 Å². The molecule has 0 aliphatic carbocycles. The molecule has 1 aromatic carbocycles. The Hall–Kier alpha value is -1.39. The summed E-state index contributed by atoms with van der Waals surface area (Å²) in [6.07, 6.45) is 2.75. The number of carbonyl (C=O) groups excluding carboxylic acids is 1. The highest BCUT2D eigenvalue weighted by Crippen LogP contribution is 2.27. The van der Waals surface area contributed by atoms with Crippen LogP contribution in [-0.4, -0.2) is 32.1 Å². The third-order valence-corrected chi connectivity index (χ3v) is 4.26. The zero-order chi connectivity index (χ0) is 13.8. The maximum Gasteiger partial charge on any atom is 0.253 e. The van der Waals surface area contributed by atoms with Crippen molar-refractivity contribution in [2.45, 2.75) is 25.4 Å². The molecule has 1 saturated heterocycles. The van der Waals surface area contributed by atoms with E-state index in [9.17, 15) is 4.79 Å². The Labute approximate surface area is 119 Å². The Morgan fingerprint density at radius 2 is 2.10 bits per heavy atom. The molecule has 2 aliphatic rings. The maximum atomic E-state index is 12.4. The first-order chi connectivity index (χ1) is 9.84. The highest BCUT2D eigenvalue weighted by atomic mass is 16.5. The second-order valence-corrected chi connectivity index (χ2v) is 5.64. The van der Waals surface area contributed by atoms with Gasteiger partial charge in [-0.15, -0.1) is 0 Å². The fourth-order valence-corrected chi connectivity index (χ4v) is 3.03. The minimum absolute atomic E-state index is 0.00989. The molecule has 0 bridgehead atoms. The van der Waals surface area contributed by atoms with Crippen LogP contribution in [0.2, 0.25) is 0 Å². The van der Waals surface area contributed by atoms with Crippen molar-refractivity contribution in [3.05, 3.63) is 35.4 Å². The van der Waals surface area contributed by atoms with Gasteiger partial charge in [0.05, 0.1) is 6.61 Å². The Morgan fingerprint density at radius 3 is 2.95 bits per heavy atom. The SMILES string of the molecule is O=C(NCC1CCNCC1)C1OCCc2ccccc21. The quantitative estimate of drug-likeness (QED) is 0.876. The predicted molar refractivity (Wildman–Crippen MR) is 77.4 cm³/mol. The zero-order valence-corrected chi connectivity index (χ0v) is 11.7. The van der Waals surface area contributed by atoms with Gasteiger partial charge in [-0.3, -0.25) is 4.79 Å². The number of piperidine rings is 1. The molecule has 1 fully saturated rings. The number of rotatable bonds is 3. The summed E-state index contributed by atoms with van der Waals surface area (Å²) >= 11 is 0. The van der Waals surface area contributed by atoms with Crippen LogP contribution in [0.15, 0.2) is 24.3 Å². The van der Waals surface area contributed by atoms with E-state index in [1.165, 1.54) is 5.56 Å². The lowest BCUT2D eigenvalue weighted by Gasteiger charge is -2.27. The fourth-order valence-electron chi connectivity index (χ4n) is 3.03. The third-order valence-electron chi connectivity index (χ3n) is 4.26. The number of hydrogen-bond acceptors (Lipinski definition) is 3. The highest BCUT2D eigenvalue weighted by molar-refractivity contribution is 5.82. The summed E-state index contributed by atoms with van der Waals surface area (Å²) in [7, 11) is 0. The third kappa shape index (κ3) is 3.02. The Bertz CT molecular complexity index is 469. The number of ether oxygens (including phenoxy) is 1. The van der Waals surface area contributed by atoms with Crippen molar-refractivity contribution in [3.8, 4) is 0 Å². The van der Waals surface area contributed by atoms with Crippen LogP contribution >= 0.6 is 0 Å². The minimum atomic E-state index is -0.429. The largest absolute Gasteiger partial charge is 0.363 e. The van der Waals surface area contributed by atoms with E-state index in [0.717, 1.165) is 44.5 Å². The molecule has 0 spiro atoms. The normalized spacial score (nSPS) is 23.1. The number of carbonyl (C=O) groups is 1. The van der Waals surface area contributed by atoms with Crippen LogP contribution < -0.4 is 10.6 Å². The molecule has 1 aromatic rings. The van der Waals surface area contributed by atoms with Crippen molar-refractivity contribution in [3.63, 3.8) is 0 Å². The molecule has 1 atom stereocenters. The van der Waals surface area contributed by atoms with Gasteiger partial charge in [-0.2, -0.15) is 0 Å². The molecule has 20 heavy (non-hydrogen) atoms. The fraction of sp³-hybridized carbons (Fsp3) is 0.562. The Balaban J connectivity index is 1.60. The highest BCUT2D eigenvalue weighted by Gasteiger charge is 2.27. The maximum absolute atomic E-state index is 12.4. The van der Waals surface area contributed by atoms with Crippen molar-refractivity contribution in [2.75, 3.05) is 26.2 Å². The molecule has 0 aromatic heterocycles. The monoisotopic (exact) mass is 274 g/mol. The van der Waals surface area contributed by atoms with E-state index < -0.39 is 6.10 Å². The summed E-state index contributed by atoms with van der Waals surface area (Å²) < 4.78 is 5.68. The van der Waals surface area contributed by atoms with Crippen LogP contribution in [0.1, 0.15) is 30.1 Å². The van der Waals surface area contributed by atoms with Gasteiger partial charge in [0.15, 0.2) is 6.10 Å². The lowest BCUT2D eigenvalue weighted by Crippen LogP contribution is -2.39. The predicted octanol–water partition coefficient (Wildman–Crippen LogP) is 1.42. The van der Waals surface area contributed by atoms with Crippen molar-refractivity contribution in [1.29, 1.82) is 0 Å². The molecule has 2 aliphatic heterocycles. The lowest BCUT2D eigenvalue weighted by molar-refractivity contribution is -0.134. The van der Waals surface area contributed by atoms with E-state index in [2.05, 4.69) is 16.7 Å². The molecule has 0 radical (unpaired) electrons. The molecule has 4 heteroatoms. The van der Waals surface area contributed by atoms with Crippen LogP contribution in [0, 0.1) is 5.92 Å². The summed E-state index contributed by atoms with van der Waals surface area (Å²) in [5, 5.41) is 6.41. The average Bonchev–Trinajstić information content (AvgIpc) is 2.53. The van der Waals surface area contributed by atoms with Crippen molar-refractivity contribution < 1.29 is 9.53 Å². The Morgan fingerprint density at radius 1 is 1.30 bits per heavy atom. The summed E-state index contributed by atoms with van der Waals surface area (Å²) in [4.78, 5) is 12.4. The summed E-state index contributed by atoms with van der Waals surface area (Å²) in [6.45, 7) is 3.51. The lowest BCUT2D eigenvalue weighted by atomic mass is 9.96. The first-order valence-corrected chi connectivity index (χ1v) is 7.52. The second-order valence-electron chi connectivity index (χ2n) is 5.64. The van der Waals surface area contributed by atoms with E-state index in [-0.39, 0.29) is 5.91 Å². The van der Waals surface area contributed by atoms with Crippen LogP contribution in [0.3, 0.4) is 0 Å². The van der Waals surface area contributed by atoms with Gasteiger partial charge in [-0.05, 0) is 49.4 Å². The van der Waals surface area contributed by atoms with E-state index >= 15 is 0 Å². The number of hydrogen-bond donors (Lipinski definition) is 2. The van der Waals surface area contributed by atoms with Crippen molar-refractivity contribution in [1.82, 2.24) is 10.6 Å². The van der Waals surface area contributed by atoms with Crippen LogP contribution in [0.4, 0.5) is 0 Å². The molecule has 1 unspecified atom stereocenters. The van der Waals surface area contributed by atoms with Crippen LogP contribution in [0.25, 0.3) is 0 Å². The number of nitrogens with one attached hydrogen (secondary N) is 2. The first-order valence-electron chi connectivity index (χ1n) is 7.52. The van der Waals surface area contributed by atoms with E-state index in [1.807, 2.05) is 18.2 Å². The van der Waals surface area contributed by atoms with E-state index in [1.54, 1.807) is 0 Å². The zero-order valence-electron chi connectivity index (χ0n) is 11.7. The van der Waals surface area contributed by atoms with Crippen molar-refractivity contribution in [2.24, 2.45) is 5.92 Å². The van der Waals surface area contributed by atoms with Gasteiger partial charge in [0.25, 0.3) is 5.91 Å². The number of fused-ring (bicyclic) bond motifs is 1. The second kappa shape index (κ2) is 6.37. The molecule has 0 saturated carbocycles. The average molecular weight is 274 g/mol. The van der Waals surface area contributed by atoms with Gasteiger partial charge in [-0.1, -0.05) is 24.3 Å². The van der Waals surface area contributed by atoms with Gasteiger partial charge in [0.2, 0.25) is 0 Å². The number of amides is 1. The molecule has 3 rings (SSSR count). The van der Waals surface area contributed by atoms with Crippen LogP contribution in [-0.2, 0) is 16.0 Å². The molecule has 2 heterocycles. The Kier molecular flexibility index (Phi) is 4.33. The minimum Gasteiger partial charge on any atom is -0.363 e. The number of benzene rings is 1. The summed E-state index contributed by atoms with van der Waals surface area (Å²) in [5.41, 5.74) is 2.27. The molecule has 2 N–H and O–H groups in total. The molecular weight excluding hydrogens is 252 g/mol. The standard InChI is InChI=1S/C16H22N2O2/c19-16(18-11-12-5-8-17-9-6-12)15-14-4-2-1-3-13(14)7-10-20-15/h1-4,12,15,17H,5-11H2,(H,18,19). The molecule has 4 nitrogen and oxygen atoms in total. The molecule has 1 amide bonds. The topological polar surface area (TPSA) is 50.4 Å². The van der Waals surface area contributed by atoms with Gasteiger partial charge < -0.3 is 15.4 Å². The van der Waals surface area contributed by atoms with Gasteiger partial charge >= 0.3 is 0 Å². The molecule has 108 valence electrons. The van der Waals surface area contributed by atoms with Crippen LogP contribution in [0.5, 0.6) is 0 Å². The smallest absolute Gasteiger partial charge is 0.253 e. The molecular formula is C16H22N2O2. The van der Waals surface area contributed by atoms with Gasteiger partial charge in [0.1, 0.15) is 0 Å². The van der Waals surface area contributed by atoms with E-state index in [0.29, 0.717) is 12.5 Å². The summed E-state index contributed by atoms with van der Waals surface area (Å²) in [5.74, 6) is 0.606. The van der Waals surface area contributed by atoms with E-state index in [4.69, 9.17) is 4.74 Å².